The Morgan fingerprint density at radius 3 is 2.47 bits per heavy atom. The molecule has 2 heterocycles. The molecule has 0 fully saturated rings. The average molecular weight is 451 g/mol. The quantitative estimate of drug-likeness (QED) is 0.653. The van der Waals surface area contributed by atoms with E-state index >= 15 is 0 Å². The van der Waals surface area contributed by atoms with Crippen molar-refractivity contribution >= 4 is 27.3 Å². The van der Waals surface area contributed by atoms with Crippen LogP contribution in [-0.2, 0) is 16.4 Å². The molecule has 8 heteroatoms. The predicted octanol–water partition coefficient (Wildman–Crippen LogP) is 3.85. The summed E-state index contributed by atoms with van der Waals surface area (Å²) in [6, 6.07) is 18.8. The Morgan fingerprint density at radius 1 is 0.906 bits per heavy atom. The molecule has 2 aliphatic rings. The van der Waals surface area contributed by atoms with Gasteiger partial charge in [-0.3, -0.25) is 9.10 Å². The zero-order valence-corrected chi connectivity index (χ0v) is 18.1. The number of para-hydroxylation sites is 1. The lowest BCUT2D eigenvalue weighted by Crippen LogP contribution is -2.35. The minimum atomic E-state index is -3.72. The normalized spacial score (nSPS) is 15.1. The van der Waals surface area contributed by atoms with Gasteiger partial charge in [0.15, 0.2) is 11.5 Å². The maximum atomic E-state index is 13.3. The van der Waals surface area contributed by atoms with E-state index in [0.29, 0.717) is 42.5 Å². The molecule has 2 aliphatic heterocycles. The first-order valence-electron chi connectivity index (χ1n) is 10.4. The van der Waals surface area contributed by atoms with Gasteiger partial charge in [0.1, 0.15) is 13.2 Å². The second kappa shape index (κ2) is 8.20. The number of fused-ring (bicyclic) bond motifs is 2. The molecule has 0 bridgehead atoms. The van der Waals surface area contributed by atoms with Crippen molar-refractivity contribution in [1.82, 2.24) is 0 Å². The van der Waals surface area contributed by atoms with E-state index in [1.54, 1.807) is 18.2 Å². The average Bonchev–Trinajstić information content (AvgIpc) is 2.83. The number of benzene rings is 3. The van der Waals surface area contributed by atoms with Crippen LogP contribution in [0.1, 0.15) is 22.3 Å². The molecule has 164 valence electrons. The summed E-state index contributed by atoms with van der Waals surface area (Å²) in [5.74, 6) is 0.884. The zero-order valence-electron chi connectivity index (χ0n) is 17.3. The van der Waals surface area contributed by atoms with Crippen LogP contribution in [0.4, 0.5) is 11.4 Å². The molecule has 0 saturated heterocycles. The van der Waals surface area contributed by atoms with E-state index in [4.69, 9.17) is 9.47 Å². The highest BCUT2D eigenvalue weighted by molar-refractivity contribution is 7.92. The number of carbonyl (C=O) groups is 1. The third-order valence-corrected chi connectivity index (χ3v) is 7.40. The fourth-order valence-electron chi connectivity index (χ4n) is 3.98. The Labute approximate surface area is 186 Å². The number of aryl methyl sites for hydroxylation is 1. The summed E-state index contributed by atoms with van der Waals surface area (Å²) in [7, 11) is -3.72. The van der Waals surface area contributed by atoms with E-state index in [1.165, 1.54) is 28.6 Å². The number of hydrogen-bond acceptors (Lipinski definition) is 5. The molecule has 1 amide bonds. The molecular formula is C24H22N2O5S. The lowest BCUT2D eigenvalue weighted by molar-refractivity contribution is 0.102. The first-order valence-corrected chi connectivity index (χ1v) is 11.9. The predicted molar refractivity (Wildman–Crippen MR) is 121 cm³/mol. The maximum absolute atomic E-state index is 13.3. The van der Waals surface area contributed by atoms with Gasteiger partial charge in [-0.25, -0.2) is 8.42 Å². The van der Waals surface area contributed by atoms with Crippen molar-refractivity contribution in [3.8, 4) is 11.5 Å². The van der Waals surface area contributed by atoms with Crippen LogP contribution in [0.15, 0.2) is 71.6 Å². The second-order valence-corrected chi connectivity index (χ2v) is 9.51. The van der Waals surface area contributed by atoms with Crippen molar-refractivity contribution in [3.05, 3.63) is 77.9 Å². The van der Waals surface area contributed by atoms with Crippen LogP contribution < -0.4 is 19.1 Å². The zero-order chi connectivity index (χ0) is 22.1. The van der Waals surface area contributed by atoms with Crippen LogP contribution in [0, 0.1) is 0 Å². The van der Waals surface area contributed by atoms with E-state index in [0.717, 1.165) is 24.1 Å². The Balaban J connectivity index is 1.34. The van der Waals surface area contributed by atoms with Gasteiger partial charge in [0.2, 0.25) is 0 Å². The van der Waals surface area contributed by atoms with Gasteiger partial charge in [-0.1, -0.05) is 18.2 Å². The smallest absolute Gasteiger partial charge is 0.264 e. The molecule has 7 nitrogen and oxygen atoms in total. The number of ether oxygens (including phenoxy) is 2. The molecule has 0 unspecified atom stereocenters. The van der Waals surface area contributed by atoms with Crippen LogP contribution in [0.2, 0.25) is 0 Å². The van der Waals surface area contributed by atoms with E-state index in [9.17, 15) is 13.2 Å². The number of nitrogens with one attached hydrogen (secondary N) is 1. The molecule has 0 radical (unpaired) electrons. The Morgan fingerprint density at radius 2 is 1.66 bits per heavy atom. The number of amides is 1. The van der Waals surface area contributed by atoms with Crippen LogP contribution in [0.5, 0.6) is 11.5 Å². The van der Waals surface area contributed by atoms with E-state index in [1.807, 2.05) is 24.3 Å². The van der Waals surface area contributed by atoms with Gasteiger partial charge in [0.05, 0.1) is 10.6 Å². The number of anilines is 2. The Hall–Kier alpha value is -3.52. The molecule has 3 aromatic rings. The summed E-state index contributed by atoms with van der Waals surface area (Å²) >= 11 is 0. The van der Waals surface area contributed by atoms with Crippen molar-refractivity contribution in [2.24, 2.45) is 0 Å². The van der Waals surface area contributed by atoms with Crippen LogP contribution in [0.25, 0.3) is 0 Å². The van der Waals surface area contributed by atoms with Gasteiger partial charge in [0, 0.05) is 23.9 Å². The molecule has 0 aliphatic carbocycles. The minimum absolute atomic E-state index is 0.157. The summed E-state index contributed by atoms with van der Waals surface area (Å²) < 4.78 is 39.0. The van der Waals surface area contributed by atoms with Gasteiger partial charge >= 0.3 is 0 Å². The van der Waals surface area contributed by atoms with Crippen molar-refractivity contribution in [1.29, 1.82) is 0 Å². The second-order valence-electron chi connectivity index (χ2n) is 7.65. The molecule has 3 aromatic carbocycles. The SMILES string of the molecule is O=C(Nc1ccc2c(c1)OCCO2)c1ccc(S(=O)(=O)N2CCCc3ccccc32)cc1. The van der Waals surface area contributed by atoms with Crippen LogP contribution in [0.3, 0.4) is 0 Å². The summed E-state index contributed by atoms with van der Waals surface area (Å²) in [4.78, 5) is 12.8. The first-order chi connectivity index (χ1) is 15.5. The highest BCUT2D eigenvalue weighted by Crippen LogP contribution is 2.33. The molecule has 0 spiro atoms. The number of nitrogens with zero attached hydrogens (tertiary/aromatic N) is 1. The standard InChI is InChI=1S/C24H22N2O5S/c27-24(25-19-9-12-22-23(16-19)31-15-14-30-22)18-7-10-20(11-8-18)32(28,29)26-13-3-5-17-4-1-2-6-21(17)26/h1-2,4,6-12,16H,3,5,13-15H2,(H,25,27). The number of carbonyl (C=O) groups excluding carboxylic acids is 1. The van der Waals surface area contributed by atoms with Gasteiger partial charge in [-0.2, -0.15) is 0 Å². The molecule has 1 N–H and O–H groups in total. The topological polar surface area (TPSA) is 84.9 Å². The summed E-state index contributed by atoms with van der Waals surface area (Å²) in [6.07, 6.45) is 1.63. The molecule has 0 saturated carbocycles. The van der Waals surface area contributed by atoms with Gasteiger partial charge < -0.3 is 14.8 Å². The lowest BCUT2D eigenvalue weighted by Gasteiger charge is -2.30. The molecule has 5 rings (SSSR count). The summed E-state index contributed by atoms with van der Waals surface area (Å²) in [5, 5.41) is 2.81. The Bertz CT molecular complexity index is 1270. The van der Waals surface area contributed by atoms with Crippen molar-refractivity contribution in [2.45, 2.75) is 17.7 Å². The highest BCUT2D eigenvalue weighted by Gasteiger charge is 2.29. The van der Waals surface area contributed by atoms with Crippen LogP contribution >= 0.6 is 0 Å². The van der Waals surface area contributed by atoms with Crippen molar-refractivity contribution < 1.29 is 22.7 Å². The summed E-state index contributed by atoms with van der Waals surface area (Å²) in [5.41, 5.74) is 2.68. The van der Waals surface area contributed by atoms with Crippen LogP contribution in [-0.4, -0.2) is 34.1 Å². The Kier molecular flexibility index (Phi) is 5.22. The third-order valence-electron chi connectivity index (χ3n) is 5.57. The van der Waals surface area contributed by atoms with Crippen molar-refractivity contribution in [3.63, 3.8) is 0 Å². The molecular weight excluding hydrogens is 428 g/mol. The fourth-order valence-corrected chi connectivity index (χ4v) is 5.52. The van der Waals surface area contributed by atoms with Crippen molar-refractivity contribution in [2.75, 3.05) is 29.4 Å². The lowest BCUT2D eigenvalue weighted by atomic mass is 10.0. The maximum Gasteiger partial charge on any atom is 0.264 e. The molecule has 0 aromatic heterocycles. The highest BCUT2D eigenvalue weighted by atomic mass is 32.2. The number of hydrogen-bond donors (Lipinski definition) is 1. The first kappa shape index (κ1) is 20.4. The molecule has 0 atom stereocenters. The van der Waals surface area contributed by atoms with E-state index in [-0.39, 0.29) is 10.8 Å². The van der Waals surface area contributed by atoms with Gasteiger partial charge in [-0.05, 0) is 60.9 Å². The third kappa shape index (κ3) is 3.78. The summed E-state index contributed by atoms with van der Waals surface area (Å²) in [6.45, 7) is 1.39. The largest absolute Gasteiger partial charge is 0.486 e. The van der Waals surface area contributed by atoms with Gasteiger partial charge in [0.25, 0.3) is 15.9 Å². The van der Waals surface area contributed by atoms with E-state index < -0.39 is 10.0 Å². The van der Waals surface area contributed by atoms with E-state index in [2.05, 4.69) is 5.32 Å². The fraction of sp³-hybridized carbons (Fsp3) is 0.208. The number of rotatable bonds is 4. The van der Waals surface area contributed by atoms with Gasteiger partial charge in [-0.15, -0.1) is 0 Å². The minimum Gasteiger partial charge on any atom is -0.486 e. The monoisotopic (exact) mass is 450 g/mol. The number of sulfonamides is 1. The molecule has 32 heavy (non-hydrogen) atoms.